The first-order chi connectivity index (χ1) is 6.42. The van der Waals surface area contributed by atoms with Crippen LogP contribution >= 0.6 is 0 Å². The Bertz CT molecular complexity index is 414. The van der Waals surface area contributed by atoms with E-state index in [1.807, 2.05) is 24.3 Å². The molecule has 0 spiro atoms. The van der Waals surface area contributed by atoms with Crippen molar-refractivity contribution in [2.24, 2.45) is 0 Å². The van der Waals surface area contributed by atoms with E-state index in [-0.39, 0.29) is 0 Å². The molecule has 0 aliphatic rings. The highest BCUT2D eigenvalue weighted by molar-refractivity contribution is 6.17. The van der Waals surface area contributed by atoms with Crippen LogP contribution in [0.2, 0.25) is 0 Å². The van der Waals surface area contributed by atoms with E-state index in [1.165, 1.54) is 0 Å². The van der Waals surface area contributed by atoms with Crippen LogP contribution in [0.3, 0.4) is 0 Å². The summed E-state index contributed by atoms with van der Waals surface area (Å²) in [5.41, 5.74) is 0.746. The zero-order valence-electron chi connectivity index (χ0n) is 6.84. The van der Waals surface area contributed by atoms with Crippen LogP contribution in [0.15, 0.2) is 36.5 Å². The second kappa shape index (κ2) is 3.45. The molecule has 1 radical (unpaired) electrons. The molecule has 4 heteroatoms. The van der Waals surface area contributed by atoms with Crippen molar-refractivity contribution in [1.82, 2.24) is 4.98 Å². The third kappa shape index (κ3) is 1.48. The number of benzene rings is 1. The number of aromatic nitrogens is 1. The van der Waals surface area contributed by atoms with Crippen molar-refractivity contribution in [3.63, 3.8) is 0 Å². The molecule has 0 bridgehead atoms. The molecule has 1 aromatic heterocycles. The molecule has 0 saturated carbocycles. The van der Waals surface area contributed by atoms with Gasteiger partial charge in [-0.05, 0) is 12.1 Å². The summed E-state index contributed by atoms with van der Waals surface area (Å²) >= 11 is 0. The smallest absolute Gasteiger partial charge is 0.536 e. The number of nitrogens with zero attached hydrogens (tertiary/aromatic N) is 1. The van der Waals surface area contributed by atoms with Crippen LogP contribution in [0.25, 0.3) is 10.9 Å². The molecule has 0 saturated heterocycles. The Labute approximate surface area is 76.3 Å². The predicted molar refractivity (Wildman–Crippen MR) is 50.3 cm³/mol. The minimum atomic E-state index is 0.556. The zero-order chi connectivity index (χ0) is 9.10. The van der Waals surface area contributed by atoms with E-state index in [2.05, 4.69) is 4.98 Å². The standard InChI is InChI=1S/C9H7BNO2/c12-10-13-8-5-1-3-7-4-2-6-11-9(7)8/h1-6,12H. The summed E-state index contributed by atoms with van der Waals surface area (Å²) in [7, 11) is 0.656. The number of hydrogen-bond acceptors (Lipinski definition) is 3. The first-order valence-electron chi connectivity index (χ1n) is 3.88. The van der Waals surface area contributed by atoms with Crippen molar-refractivity contribution in [3.05, 3.63) is 36.5 Å². The largest absolute Gasteiger partial charge is 0.569 e. The van der Waals surface area contributed by atoms with Gasteiger partial charge in [0.15, 0.2) is 0 Å². The third-order valence-corrected chi connectivity index (χ3v) is 1.78. The third-order valence-electron chi connectivity index (χ3n) is 1.78. The minimum Gasteiger partial charge on any atom is -0.536 e. The van der Waals surface area contributed by atoms with E-state index < -0.39 is 0 Å². The van der Waals surface area contributed by atoms with Gasteiger partial charge in [0.25, 0.3) is 0 Å². The predicted octanol–water partition coefficient (Wildman–Crippen LogP) is 1.14. The maximum absolute atomic E-state index is 8.50. The van der Waals surface area contributed by atoms with Gasteiger partial charge in [0.1, 0.15) is 11.3 Å². The minimum absolute atomic E-state index is 0.556. The lowest BCUT2D eigenvalue weighted by Gasteiger charge is -2.04. The SMILES string of the molecule is O[B]Oc1cccc2cccnc12. The van der Waals surface area contributed by atoms with Gasteiger partial charge in [0.05, 0.1) is 0 Å². The van der Waals surface area contributed by atoms with E-state index in [1.54, 1.807) is 12.3 Å². The molecule has 0 unspecified atom stereocenters. The first kappa shape index (κ1) is 8.07. The van der Waals surface area contributed by atoms with E-state index in [0.29, 0.717) is 13.4 Å². The fraction of sp³-hybridized carbons (Fsp3) is 0. The van der Waals surface area contributed by atoms with Crippen LogP contribution in [0.4, 0.5) is 0 Å². The molecule has 0 aliphatic carbocycles. The highest BCUT2D eigenvalue weighted by Crippen LogP contribution is 2.22. The van der Waals surface area contributed by atoms with E-state index in [0.717, 1.165) is 10.9 Å². The van der Waals surface area contributed by atoms with Crippen molar-refractivity contribution < 1.29 is 9.68 Å². The Kier molecular flexibility index (Phi) is 2.14. The molecule has 2 aromatic rings. The molecule has 1 heterocycles. The van der Waals surface area contributed by atoms with Crippen molar-refractivity contribution >= 4 is 18.6 Å². The Hall–Kier alpha value is -1.55. The van der Waals surface area contributed by atoms with E-state index >= 15 is 0 Å². The zero-order valence-corrected chi connectivity index (χ0v) is 6.84. The molecule has 3 nitrogen and oxygen atoms in total. The summed E-state index contributed by atoms with van der Waals surface area (Å²) in [5.74, 6) is 0.556. The molecule has 1 aromatic carbocycles. The molecular formula is C9H7BNO2. The number of fused-ring (bicyclic) bond motifs is 1. The normalized spacial score (nSPS) is 9.92. The van der Waals surface area contributed by atoms with Gasteiger partial charge >= 0.3 is 7.69 Å². The van der Waals surface area contributed by atoms with Crippen molar-refractivity contribution in [2.75, 3.05) is 0 Å². The maximum atomic E-state index is 8.50. The second-order valence-electron chi connectivity index (χ2n) is 2.55. The molecular weight excluding hydrogens is 165 g/mol. The fourth-order valence-corrected chi connectivity index (χ4v) is 1.23. The summed E-state index contributed by atoms with van der Waals surface area (Å²) in [6.07, 6.45) is 1.69. The molecule has 0 aliphatic heterocycles. The van der Waals surface area contributed by atoms with Gasteiger partial charge in [0.2, 0.25) is 0 Å². The summed E-state index contributed by atoms with van der Waals surface area (Å²) < 4.78 is 4.89. The van der Waals surface area contributed by atoms with Crippen molar-refractivity contribution in [2.45, 2.75) is 0 Å². The number of pyridine rings is 1. The first-order valence-corrected chi connectivity index (χ1v) is 3.88. The molecule has 0 amide bonds. The van der Waals surface area contributed by atoms with Gasteiger partial charge in [-0.15, -0.1) is 0 Å². The Morgan fingerprint density at radius 2 is 2.08 bits per heavy atom. The van der Waals surface area contributed by atoms with Gasteiger partial charge in [-0.1, -0.05) is 18.2 Å². The Balaban J connectivity index is 2.61. The topological polar surface area (TPSA) is 42.4 Å². The monoisotopic (exact) mass is 172 g/mol. The Morgan fingerprint density at radius 3 is 2.92 bits per heavy atom. The van der Waals surface area contributed by atoms with Gasteiger partial charge in [-0.25, -0.2) is 0 Å². The van der Waals surface area contributed by atoms with Crippen LogP contribution < -0.4 is 4.65 Å². The van der Waals surface area contributed by atoms with Crippen LogP contribution in [-0.2, 0) is 0 Å². The van der Waals surface area contributed by atoms with Gasteiger partial charge < -0.3 is 9.68 Å². The van der Waals surface area contributed by atoms with E-state index in [4.69, 9.17) is 9.68 Å². The highest BCUT2D eigenvalue weighted by atomic mass is 16.5. The van der Waals surface area contributed by atoms with Gasteiger partial charge in [-0.3, -0.25) is 4.98 Å². The average molecular weight is 172 g/mol. The lowest BCUT2D eigenvalue weighted by Crippen LogP contribution is -2.00. The molecule has 0 atom stereocenters. The van der Waals surface area contributed by atoms with E-state index in [9.17, 15) is 0 Å². The number of rotatable bonds is 2. The Morgan fingerprint density at radius 1 is 1.23 bits per heavy atom. The van der Waals surface area contributed by atoms with Crippen LogP contribution in [0.1, 0.15) is 0 Å². The summed E-state index contributed by atoms with van der Waals surface area (Å²) in [4.78, 5) is 4.14. The number of hydrogen-bond donors (Lipinski definition) is 1. The second-order valence-corrected chi connectivity index (χ2v) is 2.55. The number of para-hydroxylation sites is 1. The molecule has 13 heavy (non-hydrogen) atoms. The molecule has 2 rings (SSSR count). The lowest BCUT2D eigenvalue weighted by atomic mass is 10.2. The van der Waals surface area contributed by atoms with Crippen LogP contribution in [0.5, 0.6) is 5.75 Å². The van der Waals surface area contributed by atoms with Gasteiger partial charge in [0, 0.05) is 11.6 Å². The van der Waals surface area contributed by atoms with Crippen molar-refractivity contribution in [3.8, 4) is 5.75 Å². The fourth-order valence-electron chi connectivity index (χ4n) is 1.23. The average Bonchev–Trinajstić information content (AvgIpc) is 2.19. The van der Waals surface area contributed by atoms with Crippen LogP contribution in [-0.4, -0.2) is 17.7 Å². The van der Waals surface area contributed by atoms with Crippen molar-refractivity contribution in [1.29, 1.82) is 0 Å². The molecule has 63 valence electrons. The summed E-state index contributed by atoms with van der Waals surface area (Å²) in [5, 5.41) is 9.49. The van der Waals surface area contributed by atoms with Crippen LogP contribution in [0, 0.1) is 0 Å². The van der Waals surface area contributed by atoms with Gasteiger partial charge in [-0.2, -0.15) is 0 Å². The summed E-state index contributed by atoms with van der Waals surface area (Å²) in [6.45, 7) is 0. The quantitative estimate of drug-likeness (QED) is 0.690. The molecule has 1 N–H and O–H groups in total. The maximum Gasteiger partial charge on any atom is 0.569 e. The summed E-state index contributed by atoms with van der Waals surface area (Å²) in [6, 6.07) is 9.33. The highest BCUT2D eigenvalue weighted by Gasteiger charge is 2.01. The lowest BCUT2D eigenvalue weighted by molar-refractivity contribution is 0.456. The molecule has 0 fully saturated rings.